The number of nitrogen functional groups attached to an aromatic ring is 1. The molecule has 2 aromatic rings. The molecule has 0 spiro atoms. The Hall–Kier alpha value is -2.82. The van der Waals surface area contributed by atoms with Crippen LogP contribution in [-0.2, 0) is 4.79 Å². The predicted molar refractivity (Wildman–Crippen MR) is 97.8 cm³/mol. The van der Waals surface area contributed by atoms with Gasteiger partial charge in [0.15, 0.2) is 5.78 Å². The summed E-state index contributed by atoms with van der Waals surface area (Å²) in [6, 6.07) is 12.6. The first-order valence-corrected chi connectivity index (χ1v) is 8.00. The van der Waals surface area contributed by atoms with E-state index in [2.05, 4.69) is 0 Å². The molecule has 5 heteroatoms. The van der Waals surface area contributed by atoms with Crippen molar-refractivity contribution in [2.45, 2.75) is 20.8 Å². The molecule has 5 nitrogen and oxygen atoms in total. The summed E-state index contributed by atoms with van der Waals surface area (Å²) in [5.74, 6) is -1.21. The molecule has 1 unspecified atom stereocenters. The Morgan fingerprint density at radius 1 is 1.08 bits per heavy atom. The number of Topliss-reactive ketones (excluding diaryl/α,β-unsaturated/α-hetero) is 1. The minimum Gasteiger partial charge on any atom is -0.495 e. The van der Waals surface area contributed by atoms with Crippen LogP contribution in [0.1, 0.15) is 31.1 Å². The van der Waals surface area contributed by atoms with Gasteiger partial charge in [0.05, 0.1) is 18.2 Å². The third kappa shape index (κ3) is 3.65. The number of rotatable bonds is 6. The van der Waals surface area contributed by atoms with E-state index in [4.69, 9.17) is 10.5 Å². The fourth-order valence-corrected chi connectivity index (χ4v) is 2.48. The van der Waals surface area contributed by atoms with Gasteiger partial charge in [-0.1, -0.05) is 37.3 Å². The van der Waals surface area contributed by atoms with Crippen molar-refractivity contribution in [2.24, 2.45) is 11.3 Å². The molecule has 0 aromatic heterocycles. The van der Waals surface area contributed by atoms with Crippen LogP contribution in [0.25, 0.3) is 11.1 Å². The molecular formula is C20H23NO4. The first kappa shape index (κ1) is 18.5. The number of methoxy groups -OCH3 is 1. The van der Waals surface area contributed by atoms with Gasteiger partial charge in [-0.25, -0.2) is 0 Å². The molecule has 0 aliphatic rings. The van der Waals surface area contributed by atoms with Gasteiger partial charge >= 0.3 is 5.97 Å². The molecule has 0 bridgehead atoms. The summed E-state index contributed by atoms with van der Waals surface area (Å²) < 4.78 is 5.23. The van der Waals surface area contributed by atoms with Crippen molar-refractivity contribution in [1.29, 1.82) is 0 Å². The van der Waals surface area contributed by atoms with Crippen LogP contribution in [-0.4, -0.2) is 24.0 Å². The molecule has 0 saturated heterocycles. The second kappa shape index (κ2) is 6.97. The van der Waals surface area contributed by atoms with Gasteiger partial charge in [0.25, 0.3) is 0 Å². The van der Waals surface area contributed by atoms with E-state index in [1.54, 1.807) is 46.1 Å². The highest BCUT2D eigenvalue weighted by Gasteiger charge is 2.38. The van der Waals surface area contributed by atoms with Crippen molar-refractivity contribution in [3.8, 4) is 16.9 Å². The maximum absolute atomic E-state index is 12.6. The highest BCUT2D eigenvalue weighted by molar-refractivity contribution is 6.00. The van der Waals surface area contributed by atoms with E-state index in [0.29, 0.717) is 17.0 Å². The average molecular weight is 341 g/mol. The lowest BCUT2D eigenvalue weighted by Crippen LogP contribution is -2.36. The highest BCUT2D eigenvalue weighted by atomic mass is 16.5. The minimum absolute atomic E-state index is 0.186. The number of aliphatic carboxylic acids is 1. The normalized spacial score (nSPS) is 12.5. The molecule has 0 saturated carbocycles. The fourth-order valence-electron chi connectivity index (χ4n) is 2.48. The Labute approximate surface area is 147 Å². The zero-order valence-electron chi connectivity index (χ0n) is 14.9. The van der Waals surface area contributed by atoms with Crippen molar-refractivity contribution in [3.63, 3.8) is 0 Å². The molecule has 0 radical (unpaired) electrons. The van der Waals surface area contributed by atoms with Crippen LogP contribution in [0.15, 0.2) is 42.5 Å². The molecule has 0 heterocycles. The second-order valence-electron chi connectivity index (χ2n) is 6.65. The number of anilines is 1. The van der Waals surface area contributed by atoms with Crippen molar-refractivity contribution < 1.29 is 19.4 Å². The van der Waals surface area contributed by atoms with Crippen molar-refractivity contribution in [3.05, 3.63) is 48.0 Å². The number of hydrogen-bond donors (Lipinski definition) is 2. The fraction of sp³-hybridized carbons (Fsp3) is 0.300. The summed E-state index contributed by atoms with van der Waals surface area (Å²) >= 11 is 0. The number of ether oxygens (including phenoxy) is 1. The van der Waals surface area contributed by atoms with Gasteiger partial charge in [0.1, 0.15) is 5.75 Å². The lowest BCUT2D eigenvalue weighted by atomic mass is 9.76. The van der Waals surface area contributed by atoms with Crippen molar-refractivity contribution in [2.75, 3.05) is 12.8 Å². The maximum atomic E-state index is 12.6. The van der Waals surface area contributed by atoms with E-state index in [-0.39, 0.29) is 5.78 Å². The Kier molecular flexibility index (Phi) is 5.16. The van der Waals surface area contributed by atoms with E-state index in [9.17, 15) is 14.7 Å². The number of hydrogen-bond acceptors (Lipinski definition) is 4. The first-order chi connectivity index (χ1) is 11.7. The van der Waals surface area contributed by atoms with Gasteiger partial charge in [-0.05, 0) is 37.1 Å². The number of benzene rings is 2. The van der Waals surface area contributed by atoms with Crippen LogP contribution in [0.4, 0.5) is 5.69 Å². The summed E-state index contributed by atoms with van der Waals surface area (Å²) in [6.07, 6.45) is 0. The van der Waals surface area contributed by atoms with Crippen LogP contribution in [0, 0.1) is 11.3 Å². The van der Waals surface area contributed by atoms with E-state index < -0.39 is 17.3 Å². The number of carboxylic acids is 1. The lowest BCUT2D eigenvalue weighted by Gasteiger charge is -2.26. The number of nitrogens with two attached hydrogens (primary N) is 1. The molecule has 0 fully saturated rings. The van der Waals surface area contributed by atoms with Crippen LogP contribution >= 0.6 is 0 Å². The molecule has 2 aromatic carbocycles. The summed E-state index contributed by atoms with van der Waals surface area (Å²) in [4.78, 5) is 23.9. The van der Waals surface area contributed by atoms with Crippen molar-refractivity contribution in [1.82, 2.24) is 0 Å². The van der Waals surface area contributed by atoms with Gasteiger partial charge in [-0.3, -0.25) is 9.59 Å². The molecule has 0 aliphatic heterocycles. The molecular weight excluding hydrogens is 318 g/mol. The largest absolute Gasteiger partial charge is 0.495 e. The van der Waals surface area contributed by atoms with E-state index in [1.807, 2.05) is 24.3 Å². The zero-order valence-corrected chi connectivity index (χ0v) is 14.9. The van der Waals surface area contributed by atoms with Gasteiger partial charge in [0.2, 0.25) is 0 Å². The van der Waals surface area contributed by atoms with Crippen LogP contribution < -0.4 is 10.5 Å². The third-order valence-electron chi connectivity index (χ3n) is 4.76. The maximum Gasteiger partial charge on any atom is 0.309 e. The van der Waals surface area contributed by atoms with Gasteiger partial charge in [-0.2, -0.15) is 0 Å². The van der Waals surface area contributed by atoms with Gasteiger partial charge in [0, 0.05) is 11.5 Å². The Balaban J connectivity index is 2.28. The lowest BCUT2D eigenvalue weighted by molar-refractivity contribution is -0.148. The summed E-state index contributed by atoms with van der Waals surface area (Å²) in [5.41, 5.74) is 7.59. The molecule has 25 heavy (non-hydrogen) atoms. The van der Waals surface area contributed by atoms with Crippen molar-refractivity contribution >= 4 is 17.4 Å². The minimum atomic E-state index is -1.12. The second-order valence-corrected chi connectivity index (χ2v) is 6.65. The standard InChI is InChI=1S/C20H23NO4/c1-12(20(2,3)19(23)24)18(22)14-7-5-13(6-8-14)15-9-10-16(21)17(11-15)25-4/h5-12H,21H2,1-4H3,(H,23,24). The summed E-state index contributed by atoms with van der Waals surface area (Å²) in [6.45, 7) is 4.77. The van der Waals surface area contributed by atoms with Gasteiger partial charge < -0.3 is 15.6 Å². The van der Waals surface area contributed by atoms with Crippen LogP contribution in [0.5, 0.6) is 5.75 Å². The van der Waals surface area contributed by atoms with E-state index >= 15 is 0 Å². The van der Waals surface area contributed by atoms with Gasteiger partial charge in [-0.15, -0.1) is 0 Å². The smallest absolute Gasteiger partial charge is 0.309 e. The Morgan fingerprint density at radius 3 is 2.16 bits per heavy atom. The molecule has 132 valence electrons. The first-order valence-electron chi connectivity index (χ1n) is 8.00. The number of ketones is 1. The van der Waals surface area contributed by atoms with E-state index in [1.165, 1.54) is 0 Å². The molecule has 1 atom stereocenters. The summed E-state index contributed by atoms with van der Waals surface area (Å²) in [7, 11) is 1.56. The third-order valence-corrected chi connectivity index (χ3v) is 4.76. The topological polar surface area (TPSA) is 89.6 Å². The number of carbonyl (C=O) groups excluding carboxylic acids is 1. The predicted octanol–water partition coefficient (Wildman–Crippen LogP) is 3.87. The summed E-state index contributed by atoms with van der Waals surface area (Å²) in [5, 5.41) is 9.30. The monoisotopic (exact) mass is 341 g/mol. The number of carboxylic acid groups (broad SMARTS) is 1. The van der Waals surface area contributed by atoms with Crippen LogP contribution in [0.2, 0.25) is 0 Å². The van der Waals surface area contributed by atoms with E-state index in [0.717, 1.165) is 11.1 Å². The number of carbonyl (C=O) groups is 2. The molecule has 3 N–H and O–H groups in total. The quantitative estimate of drug-likeness (QED) is 0.615. The average Bonchev–Trinajstić information content (AvgIpc) is 2.60. The molecule has 0 amide bonds. The molecule has 0 aliphatic carbocycles. The Morgan fingerprint density at radius 2 is 1.64 bits per heavy atom. The zero-order chi connectivity index (χ0) is 18.8. The SMILES string of the molecule is COc1cc(-c2ccc(C(=O)C(C)C(C)(C)C(=O)O)cc2)ccc1N. The van der Waals surface area contributed by atoms with Crippen LogP contribution in [0.3, 0.4) is 0 Å². The Bertz CT molecular complexity index is 794. The highest BCUT2D eigenvalue weighted by Crippen LogP contribution is 2.32. The molecule has 2 rings (SSSR count).